The predicted molar refractivity (Wildman–Crippen MR) is 75.9 cm³/mol. The van der Waals surface area contributed by atoms with Crippen molar-refractivity contribution in [2.24, 2.45) is 0 Å². The first kappa shape index (κ1) is 14.8. The molecule has 18 heavy (non-hydrogen) atoms. The molecule has 1 amide bonds. The summed E-state index contributed by atoms with van der Waals surface area (Å²) in [6.07, 6.45) is -1.12. The summed E-state index contributed by atoms with van der Waals surface area (Å²) in [6.45, 7) is 9.46. The molecule has 0 heterocycles. The molecule has 4 nitrogen and oxygen atoms in total. The van der Waals surface area contributed by atoms with E-state index in [9.17, 15) is 9.36 Å². The van der Waals surface area contributed by atoms with Gasteiger partial charge in [-0.25, -0.2) is 4.79 Å². The Morgan fingerprint density at radius 3 is 2.17 bits per heavy atom. The maximum atomic E-state index is 12.2. The first-order valence-corrected chi connectivity index (χ1v) is 8.31. The number of amides is 1. The number of hydrogen-bond acceptors (Lipinski definition) is 2. The topological polar surface area (TPSA) is 66.4 Å². The monoisotopic (exact) mass is 269 g/mol. The Bertz CT molecular complexity index is 511. The van der Waals surface area contributed by atoms with E-state index in [2.05, 4.69) is 5.32 Å². The van der Waals surface area contributed by atoms with Crippen LogP contribution in [0.1, 0.15) is 26.3 Å². The SMILES string of the molecule is CC(C)(C)c1cc(NC(=O)O)cc(P(C)(C)=O)c1. The van der Waals surface area contributed by atoms with Crippen LogP contribution >= 0.6 is 7.14 Å². The quantitative estimate of drug-likeness (QED) is 0.809. The van der Waals surface area contributed by atoms with Crippen molar-refractivity contribution in [2.45, 2.75) is 26.2 Å². The van der Waals surface area contributed by atoms with Gasteiger partial charge in [-0.2, -0.15) is 0 Å². The molecular weight excluding hydrogens is 249 g/mol. The number of nitrogens with one attached hydrogen (secondary N) is 1. The second-order valence-electron chi connectivity index (χ2n) is 5.80. The van der Waals surface area contributed by atoms with Crippen LogP contribution in [0.25, 0.3) is 0 Å². The molecule has 0 aliphatic heterocycles. The van der Waals surface area contributed by atoms with Gasteiger partial charge in [0.1, 0.15) is 7.14 Å². The van der Waals surface area contributed by atoms with E-state index in [1.807, 2.05) is 26.8 Å². The van der Waals surface area contributed by atoms with Crippen LogP contribution in [0.2, 0.25) is 0 Å². The molecule has 0 bridgehead atoms. The van der Waals surface area contributed by atoms with Gasteiger partial charge in [0.05, 0.1) is 0 Å². The fraction of sp³-hybridized carbons (Fsp3) is 0.462. The summed E-state index contributed by atoms with van der Waals surface area (Å²) in [5, 5.41) is 11.8. The van der Waals surface area contributed by atoms with Crippen molar-refractivity contribution >= 4 is 24.2 Å². The van der Waals surface area contributed by atoms with Crippen molar-refractivity contribution in [3.63, 3.8) is 0 Å². The Morgan fingerprint density at radius 1 is 1.22 bits per heavy atom. The van der Waals surface area contributed by atoms with Gasteiger partial charge in [0.25, 0.3) is 0 Å². The molecule has 0 saturated carbocycles. The van der Waals surface area contributed by atoms with Crippen LogP contribution in [0.5, 0.6) is 0 Å². The lowest BCUT2D eigenvalue weighted by atomic mass is 9.87. The molecule has 0 aliphatic carbocycles. The summed E-state index contributed by atoms with van der Waals surface area (Å²) in [5.74, 6) is 0. The fourth-order valence-corrected chi connectivity index (χ4v) is 2.45. The predicted octanol–water partition coefficient (Wildman–Crippen LogP) is 3.32. The highest BCUT2D eigenvalue weighted by molar-refractivity contribution is 7.70. The zero-order valence-electron chi connectivity index (χ0n) is 11.4. The number of benzene rings is 1. The largest absolute Gasteiger partial charge is 0.465 e. The zero-order chi connectivity index (χ0) is 14.1. The Hall–Kier alpha value is -1.28. The maximum Gasteiger partial charge on any atom is 0.409 e. The van der Waals surface area contributed by atoms with E-state index in [1.54, 1.807) is 25.5 Å². The van der Waals surface area contributed by atoms with Gasteiger partial charge >= 0.3 is 6.09 Å². The summed E-state index contributed by atoms with van der Waals surface area (Å²) < 4.78 is 12.2. The highest BCUT2D eigenvalue weighted by Crippen LogP contribution is 2.37. The Balaban J connectivity index is 3.38. The molecule has 0 atom stereocenters. The average molecular weight is 269 g/mol. The highest BCUT2D eigenvalue weighted by atomic mass is 31.2. The van der Waals surface area contributed by atoms with Gasteiger partial charge in [-0.05, 0) is 42.5 Å². The van der Waals surface area contributed by atoms with Gasteiger partial charge in [-0.1, -0.05) is 20.8 Å². The number of anilines is 1. The molecular formula is C13H20NO3P. The van der Waals surface area contributed by atoms with Gasteiger partial charge in [-0.15, -0.1) is 0 Å². The molecule has 0 spiro atoms. The lowest BCUT2D eigenvalue weighted by molar-refractivity contribution is 0.209. The van der Waals surface area contributed by atoms with Crippen LogP contribution in [0.3, 0.4) is 0 Å². The van der Waals surface area contributed by atoms with Crippen LogP contribution in [0, 0.1) is 0 Å². The minimum atomic E-state index is -2.42. The lowest BCUT2D eigenvalue weighted by Gasteiger charge is -2.22. The maximum absolute atomic E-state index is 12.2. The summed E-state index contributed by atoms with van der Waals surface area (Å²) >= 11 is 0. The normalized spacial score (nSPS) is 12.3. The van der Waals surface area contributed by atoms with E-state index >= 15 is 0 Å². The standard InChI is InChI=1S/C13H20NO3P/c1-13(2,3)9-6-10(14-12(15)16)8-11(7-9)18(4,5)17/h6-8,14H,1-5H3,(H,15,16). The molecule has 2 N–H and O–H groups in total. The molecule has 1 aromatic carbocycles. The van der Waals surface area contributed by atoms with E-state index in [4.69, 9.17) is 5.11 Å². The minimum absolute atomic E-state index is 0.125. The van der Waals surface area contributed by atoms with Crippen molar-refractivity contribution in [1.82, 2.24) is 0 Å². The van der Waals surface area contributed by atoms with Crippen LogP contribution in [-0.2, 0) is 9.98 Å². The van der Waals surface area contributed by atoms with E-state index in [1.165, 1.54) is 0 Å². The molecule has 0 radical (unpaired) electrons. The first-order chi connectivity index (χ1) is 8.00. The van der Waals surface area contributed by atoms with E-state index in [-0.39, 0.29) is 5.41 Å². The summed E-state index contributed by atoms with van der Waals surface area (Å²) in [6, 6.07) is 5.32. The van der Waals surface area contributed by atoms with Crippen LogP contribution in [0.4, 0.5) is 10.5 Å². The van der Waals surface area contributed by atoms with Crippen molar-refractivity contribution < 1.29 is 14.5 Å². The molecule has 100 valence electrons. The van der Waals surface area contributed by atoms with Crippen molar-refractivity contribution in [2.75, 3.05) is 18.6 Å². The smallest absolute Gasteiger partial charge is 0.409 e. The third kappa shape index (κ3) is 3.88. The third-order valence-electron chi connectivity index (χ3n) is 2.66. The van der Waals surface area contributed by atoms with Gasteiger partial charge in [-0.3, -0.25) is 5.32 Å². The van der Waals surface area contributed by atoms with E-state index in [0.717, 1.165) is 5.56 Å². The van der Waals surface area contributed by atoms with E-state index in [0.29, 0.717) is 11.0 Å². The number of hydrogen-bond donors (Lipinski definition) is 2. The Labute approximate surface area is 108 Å². The number of rotatable bonds is 2. The second-order valence-corrected chi connectivity index (χ2v) is 9.02. The van der Waals surface area contributed by atoms with Gasteiger partial charge in [0.2, 0.25) is 0 Å². The highest BCUT2D eigenvalue weighted by Gasteiger charge is 2.20. The molecule has 0 saturated heterocycles. The van der Waals surface area contributed by atoms with Crippen molar-refractivity contribution in [3.05, 3.63) is 23.8 Å². The lowest BCUT2D eigenvalue weighted by Crippen LogP contribution is -2.17. The third-order valence-corrected chi connectivity index (χ3v) is 4.16. The molecule has 0 aliphatic rings. The molecule has 0 aromatic heterocycles. The van der Waals surface area contributed by atoms with Crippen LogP contribution < -0.4 is 10.6 Å². The van der Waals surface area contributed by atoms with Crippen molar-refractivity contribution in [1.29, 1.82) is 0 Å². The number of carbonyl (C=O) groups is 1. The molecule has 5 heteroatoms. The summed E-state index contributed by atoms with van der Waals surface area (Å²) in [5.41, 5.74) is 1.31. The van der Waals surface area contributed by atoms with Gasteiger partial charge < -0.3 is 9.67 Å². The van der Waals surface area contributed by atoms with E-state index < -0.39 is 13.2 Å². The van der Waals surface area contributed by atoms with Crippen molar-refractivity contribution in [3.8, 4) is 0 Å². The minimum Gasteiger partial charge on any atom is -0.465 e. The molecule has 1 aromatic rings. The van der Waals surface area contributed by atoms with Gasteiger partial charge in [0.15, 0.2) is 0 Å². The Kier molecular flexibility index (Phi) is 3.92. The summed E-state index contributed by atoms with van der Waals surface area (Å²) in [7, 11) is -2.42. The average Bonchev–Trinajstić information content (AvgIpc) is 2.13. The fourth-order valence-electron chi connectivity index (χ4n) is 1.55. The van der Waals surface area contributed by atoms with Crippen LogP contribution in [0.15, 0.2) is 18.2 Å². The summed E-state index contributed by atoms with van der Waals surface area (Å²) in [4.78, 5) is 10.7. The molecule has 0 fully saturated rings. The van der Waals surface area contributed by atoms with Gasteiger partial charge in [0, 0.05) is 11.0 Å². The first-order valence-electron chi connectivity index (χ1n) is 5.71. The van der Waals surface area contributed by atoms with Crippen LogP contribution in [-0.4, -0.2) is 24.5 Å². The Morgan fingerprint density at radius 2 is 1.78 bits per heavy atom. The zero-order valence-corrected chi connectivity index (χ0v) is 12.3. The number of carboxylic acid groups (broad SMARTS) is 1. The second kappa shape index (κ2) is 4.77. The molecule has 0 unspecified atom stereocenters. The molecule has 1 rings (SSSR count).